The summed E-state index contributed by atoms with van der Waals surface area (Å²) in [4.78, 5) is 90.5. The molecule has 4 saturated carbocycles. The van der Waals surface area contributed by atoms with Gasteiger partial charge in [-0.25, -0.2) is 24.0 Å². The van der Waals surface area contributed by atoms with Gasteiger partial charge in [-0.15, -0.1) is 0 Å². The number of aliphatic hydroxyl groups is 6. The topological polar surface area (TPSA) is 422 Å². The van der Waals surface area contributed by atoms with E-state index in [-0.39, 0.29) is 136 Å². The Bertz CT molecular complexity index is 4030. The van der Waals surface area contributed by atoms with Crippen molar-refractivity contribution < 1.29 is 132 Å². The van der Waals surface area contributed by atoms with E-state index in [0.717, 1.165) is 156 Å². The highest BCUT2D eigenvalue weighted by Gasteiger charge is 2.50. The largest absolute Gasteiger partial charge is 0.482 e. The summed E-state index contributed by atoms with van der Waals surface area (Å²) in [7, 11) is 1.56. The summed E-state index contributed by atoms with van der Waals surface area (Å²) in [6, 6.07) is 23.2. The molecular weight excluding hydrogens is 1560 g/mol. The number of carbonyl (C=O) groups excluding carboxylic acids is 4. The van der Waals surface area contributed by atoms with E-state index in [0.29, 0.717) is 109 Å². The van der Waals surface area contributed by atoms with Crippen LogP contribution in [0.5, 0.6) is 23.0 Å². The minimum atomic E-state index is -1.000. The zero-order valence-electron chi connectivity index (χ0n) is 71.5. The van der Waals surface area contributed by atoms with Crippen molar-refractivity contribution in [2.75, 3.05) is 53.4 Å². The molecule has 670 valence electrons. The molecule has 8 aliphatic rings. The summed E-state index contributed by atoms with van der Waals surface area (Å²) in [6.07, 6.45) is 17.1. The Kier molecular flexibility index (Phi) is 37.8. The number of esters is 4. The Hall–Kier alpha value is -8.44. The average molecular weight is 1690 g/mol. The van der Waals surface area contributed by atoms with Crippen molar-refractivity contribution in [1.82, 2.24) is 0 Å². The molecule has 0 bridgehead atoms. The van der Waals surface area contributed by atoms with E-state index in [1.54, 1.807) is 7.11 Å². The van der Waals surface area contributed by atoms with Crippen molar-refractivity contribution in [1.29, 1.82) is 0 Å². The van der Waals surface area contributed by atoms with Crippen LogP contribution in [-0.4, -0.2) is 201 Å². The minimum Gasteiger partial charge on any atom is -0.482 e. The standard InChI is InChI=1S/C25H36O6.C24H34O7.C23H32O7.C22H30O7/c1-4-18(31-25(29)10-15(2)3)8-9-19-20-11-16-6-5-7-23(30-14-24(27)28)21(16)12-17(20)13-22(19)26;1-3-17(31-24(28)9-10-29-2)7-8-18-19-11-15-5-4-6-22(30-14-23(26)27)20(15)12-16(19)13-21(18)25;1-2-16(30-23(28)8-9-24)6-7-17-18-10-14-4-3-5-21(29-13-22(26)27)19(14)11-15(18)12-20(17)25;1-2-15(29-22(27)11-23)6-7-16-17-8-13-4-3-5-20(28-12-21(25)26)18(13)9-14(17)10-19(16)24/h5-7,15,17-20,22,26H,4,8-14H2,1-3H3,(H,27,28);4-6,16-19,21,25H,3,7-14H2,1-2H3,(H,26,27);3-5,15-18,20,24-25H,2,6-13H2,1H3,(H,26,27);3-5,14-17,19,23-24H,2,6-12H2,1H3,(H,25,26)/t17-,18-,19+,20-,22+;16-,17-,18+,19-,21+;15-,16-,17+,18-,20+;14-,15-,16+,17-,19+/m0000/s1. The van der Waals surface area contributed by atoms with Crippen molar-refractivity contribution in [3.8, 4) is 23.0 Å². The van der Waals surface area contributed by atoms with Crippen molar-refractivity contribution in [2.24, 2.45) is 76.9 Å². The maximum atomic E-state index is 12.1. The summed E-state index contributed by atoms with van der Waals surface area (Å²) in [5.74, 6) is 1.02. The van der Waals surface area contributed by atoms with Crippen LogP contribution in [0.15, 0.2) is 72.8 Å². The van der Waals surface area contributed by atoms with Gasteiger partial charge in [-0.05, 0) is 300 Å². The van der Waals surface area contributed by atoms with Crippen LogP contribution in [-0.2, 0) is 113 Å². The Balaban J connectivity index is 0.000000183. The number of carboxylic acids is 4. The van der Waals surface area contributed by atoms with Gasteiger partial charge in [-0.1, -0.05) is 90.1 Å². The lowest BCUT2D eigenvalue weighted by Gasteiger charge is -2.32. The second-order valence-corrected chi connectivity index (χ2v) is 34.9. The maximum absolute atomic E-state index is 12.1. The van der Waals surface area contributed by atoms with Gasteiger partial charge in [0.05, 0.1) is 50.5 Å². The highest BCUT2D eigenvalue weighted by molar-refractivity contribution is 5.72. The van der Waals surface area contributed by atoms with Crippen LogP contribution in [0.25, 0.3) is 0 Å². The molecule has 10 N–H and O–H groups in total. The Morgan fingerprint density at radius 2 is 0.636 bits per heavy atom. The molecule has 4 aromatic rings. The number of aliphatic carboxylic acids is 4. The third-order valence-corrected chi connectivity index (χ3v) is 26.6. The average Bonchev–Trinajstić information content (AvgIpc) is 1.67. The molecule has 20 atom stereocenters. The second kappa shape index (κ2) is 47.4. The van der Waals surface area contributed by atoms with Gasteiger partial charge >= 0.3 is 47.8 Å². The first kappa shape index (κ1) is 96.4. The van der Waals surface area contributed by atoms with Gasteiger partial charge in [0, 0.05) is 13.5 Å². The smallest absolute Gasteiger partial charge is 0.341 e. The van der Waals surface area contributed by atoms with Gasteiger partial charge in [0.2, 0.25) is 0 Å². The molecule has 8 aliphatic carbocycles. The van der Waals surface area contributed by atoms with Crippen molar-refractivity contribution in [3.05, 3.63) is 117 Å². The van der Waals surface area contributed by atoms with Crippen LogP contribution < -0.4 is 18.9 Å². The summed E-state index contributed by atoms with van der Waals surface area (Å²) in [5, 5.41) is 96.5. The zero-order chi connectivity index (χ0) is 87.6. The third-order valence-electron chi connectivity index (χ3n) is 26.6. The lowest BCUT2D eigenvalue weighted by molar-refractivity contribution is -0.153. The first-order valence-electron chi connectivity index (χ1n) is 44.1. The summed E-state index contributed by atoms with van der Waals surface area (Å²) >= 11 is 0. The molecule has 27 nitrogen and oxygen atoms in total. The van der Waals surface area contributed by atoms with Gasteiger partial charge in [0.1, 0.15) is 54.0 Å². The predicted octanol–water partition coefficient (Wildman–Crippen LogP) is 11.3. The van der Waals surface area contributed by atoms with Gasteiger partial charge in [-0.2, -0.15) is 0 Å². The molecule has 4 fully saturated rings. The number of fused-ring (bicyclic) bond motifs is 8. The van der Waals surface area contributed by atoms with E-state index < -0.39 is 42.6 Å². The lowest BCUT2D eigenvalue weighted by Crippen LogP contribution is -2.29. The molecule has 12 rings (SSSR count). The van der Waals surface area contributed by atoms with E-state index in [1.807, 2.05) is 90.1 Å². The molecular formula is C94H132O27. The van der Waals surface area contributed by atoms with Crippen LogP contribution in [0.4, 0.5) is 0 Å². The van der Waals surface area contributed by atoms with E-state index in [1.165, 1.54) is 16.7 Å². The Labute approximate surface area is 710 Å². The number of ether oxygens (including phenoxy) is 9. The summed E-state index contributed by atoms with van der Waals surface area (Å²) in [5.41, 5.74) is 9.00. The van der Waals surface area contributed by atoms with Crippen molar-refractivity contribution in [2.45, 2.75) is 264 Å². The fourth-order valence-corrected chi connectivity index (χ4v) is 20.8. The molecule has 0 amide bonds. The molecule has 4 aromatic carbocycles. The molecule has 0 aromatic heterocycles. The molecule has 0 unspecified atom stereocenters. The molecule has 27 heteroatoms. The molecule has 0 radical (unpaired) electrons. The summed E-state index contributed by atoms with van der Waals surface area (Å²) < 4.78 is 48.9. The van der Waals surface area contributed by atoms with Gasteiger partial charge in [0.25, 0.3) is 0 Å². The van der Waals surface area contributed by atoms with Gasteiger partial charge in [-0.3, -0.25) is 14.4 Å². The van der Waals surface area contributed by atoms with Crippen LogP contribution in [0.3, 0.4) is 0 Å². The van der Waals surface area contributed by atoms with Crippen LogP contribution in [0.1, 0.15) is 208 Å². The number of rotatable bonds is 40. The predicted molar refractivity (Wildman–Crippen MR) is 445 cm³/mol. The number of carbonyl (C=O) groups is 8. The number of carboxylic acid groups (broad SMARTS) is 4. The normalized spacial score (nSPS) is 25.8. The number of methoxy groups -OCH3 is 1. The molecule has 121 heavy (non-hydrogen) atoms. The van der Waals surface area contributed by atoms with Crippen LogP contribution in [0.2, 0.25) is 0 Å². The zero-order valence-corrected chi connectivity index (χ0v) is 71.5. The molecule has 0 spiro atoms. The molecule has 0 saturated heterocycles. The first-order chi connectivity index (χ1) is 58.0. The second-order valence-electron chi connectivity index (χ2n) is 34.9. The van der Waals surface area contributed by atoms with E-state index in [4.69, 9.17) is 73.3 Å². The van der Waals surface area contributed by atoms with Crippen LogP contribution in [0, 0.1) is 76.9 Å². The highest BCUT2D eigenvalue weighted by atomic mass is 16.6. The first-order valence-corrected chi connectivity index (χ1v) is 44.1. The molecule has 0 heterocycles. The van der Waals surface area contributed by atoms with Crippen LogP contribution >= 0.6 is 0 Å². The summed E-state index contributed by atoms with van der Waals surface area (Å²) in [6.45, 7) is 10.1. The number of aliphatic hydroxyl groups excluding tert-OH is 6. The van der Waals surface area contributed by atoms with E-state index in [9.17, 15) is 58.8 Å². The Morgan fingerprint density at radius 3 is 0.876 bits per heavy atom. The Morgan fingerprint density at radius 1 is 0.372 bits per heavy atom. The van der Waals surface area contributed by atoms with E-state index in [2.05, 4.69) is 24.3 Å². The van der Waals surface area contributed by atoms with Crippen molar-refractivity contribution in [3.63, 3.8) is 0 Å². The minimum absolute atomic E-state index is 0.0102. The quantitative estimate of drug-likeness (QED) is 0.0146. The van der Waals surface area contributed by atoms with Crippen molar-refractivity contribution >= 4 is 47.8 Å². The SMILES string of the molecule is CC[C@@H](CC[C@@H]1[C@H]2Cc3cccc(OCC(=O)O)c3C[C@H]2C[C@H]1O)OC(=O)CC(C)C.CC[C@@H](CC[C@@H]1[C@H]2Cc3cccc(OCC(=O)O)c3C[C@H]2C[C@H]1O)OC(=O)CCO.CC[C@@H](CC[C@@H]1[C@H]2Cc3cccc(OCC(=O)O)c3C[C@H]2C[C@H]1O)OC(=O)CCOC.CC[C@@H](CC[C@@H]1[C@H]2Cc3cccc(OCC(=O)O)c3C[C@H]2C[C@H]1O)OC(=O)CO. The monoisotopic (exact) mass is 1690 g/mol. The maximum Gasteiger partial charge on any atom is 0.341 e. The number of benzene rings is 4. The van der Waals surface area contributed by atoms with E-state index >= 15 is 0 Å². The fraction of sp³-hybridized carbons (Fsp3) is 0.660. The number of hydrogen-bond donors (Lipinski definition) is 10. The third kappa shape index (κ3) is 27.5. The van der Waals surface area contributed by atoms with Gasteiger partial charge in [0.15, 0.2) is 26.4 Å². The number of hydrogen-bond acceptors (Lipinski definition) is 23. The van der Waals surface area contributed by atoms with Gasteiger partial charge < -0.3 is 93.7 Å². The molecule has 0 aliphatic heterocycles. The lowest BCUT2D eigenvalue weighted by atomic mass is 9.73. The highest BCUT2D eigenvalue weighted by Crippen LogP contribution is 2.53. The fourth-order valence-electron chi connectivity index (χ4n) is 20.8.